The number of nitrogens with zero attached hydrogens (tertiary/aromatic N) is 4. The lowest BCUT2D eigenvalue weighted by Crippen LogP contribution is -2.49. The van der Waals surface area contributed by atoms with E-state index in [1.165, 1.54) is 6.07 Å². The second kappa shape index (κ2) is 8.58. The van der Waals surface area contributed by atoms with Crippen LogP contribution in [0.2, 0.25) is 5.02 Å². The average Bonchev–Trinajstić information content (AvgIpc) is 3.01. The Morgan fingerprint density at radius 3 is 2.41 bits per heavy atom. The number of amides is 3. The maximum absolute atomic E-state index is 12.7. The SMILES string of the molecule is Cc1ccc2c(c1)C(=O)N(CCC(=O)N1CCN(c3ccc(Cl)cc3[N+](=O)[O-])CC1)C2=O. The van der Waals surface area contributed by atoms with Crippen LogP contribution in [0.4, 0.5) is 11.4 Å². The van der Waals surface area contributed by atoms with Crippen LogP contribution >= 0.6 is 11.6 Å². The van der Waals surface area contributed by atoms with E-state index >= 15 is 0 Å². The molecule has 9 nitrogen and oxygen atoms in total. The van der Waals surface area contributed by atoms with Gasteiger partial charge in [0, 0.05) is 50.2 Å². The molecule has 2 heterocycles. The van der Waals surface area contributed by atoms with Gasteiger partial charge in [-0.3, -0.25) is 29.4 Å². The predicted molar refractivity (Wildman–Crippen MR) is 118 cm³/mol. The van der Waals surface area contributed by atoms with Crippen LogP contribution in [0.15, 0.2) is 36.4 Å². The lowest BCUT2D eigenvalue weighted by Gasteiger charge is -2.36. The average molecular weight is 457 g/mol. The van der Waals surface area contributed by atoms with Crippen molar-refractivity contribution in [3.63, 3.8) is 0 Å². The van der Waals surface area contributed by atoms with Crippen molar-refractivity contribution in [3.05, 3.63) is 68.2 Å². The van der Waals surface area contributed by atoms with Crippen molar-refractivity contribution < 1.29 is 19.3 Å². The van der Waals surface area contributed by atoms with E-state index in [9.17, 15) is 24.5 Å². The van der Waals surface area contributed by atoms with Crippen molar-refractivity contribution in [2.75, 3.05) is 37.6 Å². The standard InChI is InChI=1S/C22H21ClN4O5/c1-14-2-4-16-17(12-14)22(30)26(21(16)29)7-6-20(28)25-10-8-24(9-11-25)18-5-3-15(23)13-19(18)27(31)32/h2-5,12-13H,6-11H2,1H3. The van der Waals surface area contributed by atoms with Gasteiger partial charge in [0.15, 0.2) is 0 Å². The molecule has 1 fully saturated rings. The number of benzene rings is 2. The molecule has 2 aliphatic rings. The third kappa shape index (κ3) is 4.03. The van der Waals surface area contributed by atoms with Crippen LogP contribution in [0.5, 0.6) is 0 Å². The summed E-state index contributed by atoms with van der Waals surface area (Å²) in [6.45, 7) is 3.51. The molecule has 0 radical (unpaired) electrons. The summed E-state index contributed by atoms with van der Waals surface area (Å²) in [6, 6.07) is 9.64. The lowest BCUT2D eigenvalue weighted by molar-refractivity contribution is -0.384. The zero-order chi connectivity index (χ0) is 23.0. The first kappa shape index (κ1) is 21.8. The number of aryl methyl sites for hydroxylation is 1. The maximum atomic E-state index is 12.7. The first-order chi connectivity index (χ1) is 15.3. The van der Waals surface area contributed by atoms with Gasteiger partial charge in [0.2, 0.25) is 5.91 Å². The molecule has 3 amide bonds. The van der Waals surface area contributed by atoms with Crippen LogP contribution in [-0.2, 0) is 4.79 Å². The van der Waals surface area contributed by atoms with Crippen LogP contribution in [0.3, 0.4) is 0 Å². The molecule has 0 aliphatic carbocycles. The van der Waals surface area contributed by atoms with Gasteiger partial charge in [-0.05, 0) is 31.2 Å². The summed E-state index contributed by atoms with van der Waals surface area (Å²) in [7, 11) is 0. The number of carbonyl (C=O) groups excluding carboxylic acids is 3. The number of rotatable bonds is 5. The zero-order valence-electron chi connectivity index (χ0n) is 17.4. The highest BCUT2D eigenvalue weighted by molar-refractivity contribution is 6.31. The Bertz CT molecular complexity index is 1130. The van der Waals surface area contributed by atoms with Crippen LogP contribution in [-0.4, -0.2) is 65.2 Å². The fourth-order valence-electron chi connectivity index (χ4n) is 4.08. The van der Waals surface area contributed by atoms with E-state index in [0.717, 1.165) is 10.5 Å². The van der Waals surface area contributed by atoms with Gasteiger partial charge in [-0.25, -0.2) is 0 Å². The number of hydrogen-bond acceptors (Lipinski definition) is 6. The number of fused-ring (bicyclic) bond motifs is 1. The maximum Gasteiger partial charge on any atom is 0.294 e. The fraction of sp³-hybridized carbons (Fsp3) is 0.318. The molecule has 2 aromatic carbocycles. The molecule has 0 unspecified atom stereocenters. The quantitative estimate of drug-likeness (QED) is 0.389. The number of piperazine rings is 1. The Kier molecular flexibility index (Phi) is 5.84. The minimum atomic E-state index is -0.470. The summed E-state index contributed by atoms with van der Waals surface area (Å²) >= 11 is 5.88. The van der Waals surface area contributed by atoms with E-state index in [4.69, 9.17) is 11.6 Å². The number of hydrogen-bond donors (Lipinski definition) is 0. The molecule has 32 heavy (non-hydrogen) atoms. The van der Waals surface area contributed by atoms with Gasteiger partial charge in [-0.1, -0.05) is 23.2 Å². The Hall–Kier alpha value is -3.46. The van der Waals surface area contributed by atoms with Crippen LogP contribution in [0.1, 0.15) is 32.7 Å². The normalized spacial score (nSPS) is 15.9. The van der Waals surface area contributed by atoms with Crippen molar-refractivity contribution in [2.24, 2.45) is 0 Å². The molecule has 166 valence electrons. The molecular formula is C22H21ClN4O5. The first-order valence-electron chi connectivity index (χ1n) is 10.2. The molecule has 0 spiro atoms. The van der Waals surface area contributed by atoms with Crippen LogP contribution < -0.4 is 4.90 Å². The third-order valence-electron chi connectivity index (χ3n) is 5.78. The van der Waals surface area contributed by atoms with Gasteiger partial charge in [0.05, 0.1) is 16.1 Å². The largest absolute Gasteiger partial charge is 0.362 e. The van der Waals surface area contributed by atoms with E-state index in [0.29, 0.717) is 43.0 Å². The molecule has 0 N–H and O–H groups in total. The van der Waals surface area contributed by atoms with Crippen molar-refractivity contribution in [2.45, 2.75) is 13.3 Å². The summed E-state index contributed by atoms with van der Waals surface area (Å²) in [5.74, 6) is -0.915. The molecular weight excluding hydrogens is 436 g/mol. The van der Waals surface area contributed by atoms with Gasteiger partial charge in [-0.15, -0.1) is 0 Å². The monoisotopic (exact) mass is 456 g/mol. The summed E-state index contributed by atoms with van der Waals surface area (Å²) in [6.07, 6.45) is 0.0333. The molecule has 2 aliphatic heterocycles. The molecule has 4 rings (SSSR count). The van der Waals surface area contributed by atoms with Gasteiger partial charge in [-0.2, -0.15) is 0 Å². The van der Waals surface area contributed by atoms with Crippen molar-refractivity contribution in [3.8, 4) is 0 Å². The molecule has 2 aromatic rings. The topological polar surface area (TPSA) is 104 Å². The molecule has 0 atom stereocenters. The van der Waals surface area contributed by atoms with Gasteiger partial charge < -0.3 is 9.80 Å². The highest BCUT2D eigenvalue weighted by atomic mass is 35.5. The Morgan fingerprint density at radius 1 is 1.03 bits per heavy atom. The number of anilines is 1. The van der Waals surface area contributed by atoms with Crippen molar-refractivity contribution >= 4 is 40.7 Å². The number of nitro benzene ring substituents is 1. The van der Waals surface area contributed by atoms with Crippen LogP contribution in [0.25, 0.3) is 0 Å². The molecule has 0 aromatic heterocycles. The molecule has 10 heteroatoms. The highest BCUT2D eigenvalue weighted by Gasteiger charge is 2.36. The minimum Gasteiger partial charge on any atom is -0.362 e. The Balaban J connectivity index is 1.35. The van der Waals surface area contributed by atoms with E-state index in [1.807, 2.05) is 11.8 Å². The predicted octanol–water partition coefficient (Wildman–Crippen LogP) is 2.89. The zero-order valence-corrected chi connectivity index (χ0v) is 18.2. The van der Waals surface area contributed by atoms with Crippen molar-refractivity contribution in [1.29, 1.82) is 0 Å². The Morgan fingerprint density at radius 2 is 1.72 bits per heavy atom. The summed E-state index contributed by atoms with van der Waals surface area (Å²) in [5.41, 5.74) is 2.03. The van der Waals surface area contributed by atoms with E-state index < -0.39 is 4.92 Å². The smallest absolute Gasteiger partial charge is 0.294 e. The van der Waals surface area contributed by atoms with E-state index in [-0.39, 0.29) is 41.4 Å². The first-order valence-corrected chi connectivity index (χ1v) is 10.6. The number of halogens is 1. The summed E-state index contributed by atoms with van der Waals surface area (Å²) < 4.78 is 0. The molecule has 1 saturated heterocycles. The molecule has 0 bridgehead atoms. The second-order valence-corrected chi connectivity index (χ2v) is 8.26. The minimum absolute atomic E-state index is 0.0209. The third-order valence-corrected chi connectivity index (χ3v) is 6.02. The number of carbonyl (C=O) groups is 3. The fourth-order valence-corrected chi connectivity index (χ4v) is 4.25. The van der Waals surface area contributed by atoms with Crippen molar-refractivity contribution in [1.82, 2.24) is 9.80 Å². The van der Waals surface area contributed by atoms with E-state index in [1.54, 1.807) is 35.2 Å². The second-order valence-electron chi connectivity index (χ2n) is 7.82. The molecule has 0 saturated carbocycles. The van der Waals surface area contributed by atoms with Crippen LogP contribution in [0, 0.1) is 17.0 Å². The highest BCUT2D eigenvalue weighted by Crippen LogP contribution is 2.31. The van der Waals surface area contributed by atoms with Gasteiger partial charge in [0.25, 0.3) is 17.5 Å². The van der Waals surface area contributed by atoms with Gasteiger partial charge >= 0.3 is 0 Å². The Labute approximate surface area is 189 Å². The van der Waals surface area contributed by atoms with E-state index in [2.05, 4.69) is 0 Å². The number of nitro groups is 1. The number of imide groups is 1. The summed E-state index contributed by atoms with van der Waals surface area (Å²) in [5, 5.41) is 11.6. The van der Waals surface area contributed by atoms with Gasteiger partial charge in [0.1, 0.15) is 5.69 Å². The lowest BCUT2D eigenvalue weighted by atomic mass is 10.1. The summed E-state index contributed by atoms with van der Waals surface area (Å²) in [4.78, 5) is 53.3.